The van der Waals surface area contributed by atoms with E-state index in [0.717, 1.165) is 0 Å². The SMILES string of the molecule is C=CCN1C(=NCC)NC2C1C(=O)NC(=O)N2C. The highest BCUT2D eigenvalue weighted by Crippen LogP contribution is 2.20. The van der Waals surface area contributed by atoms with E-state index in [1.807, 2.05) is 11.8 Å². The Kier molecular flexibility index (Phi) is 3.22. The van der Waals surface area contributed by atoms with Crippen LogP contribution in [0.2, 0.25) is 0 Å². The fraction of sp³-hybridized carbons (Fsp3) is 0.545. The summed E-state index contributed by atoms with van der Waals surface area (Å²) in [7, 11) is 1.65. The number of aliphatic imine (C=N–C) groups is 1. The van der Waals surface area contributed by atoms with Crippen molar-refractivity contribution in [1.82, 2.24) is 20.4 Å². The number of carbonyl (C=O) groups excluding carboxylic acids is 2. The van der Waals surface area contributed by atoms with E-state index in [2.05, 4.69) is 22.2 Å². The van der Waals surface area contributed by atoms with Crippen LogP contribution in [0, 0.1) is 0 Å². The molecule has 2 fully saturated rings. The second-order valence-electron chi connectivity index (χ2n) is 4.18. The predicted molar refractivity (Wildman–Crippen MR) is 66.9 cm³/mol. The maximum atomic E-state index is 11.9. The first-order chi connectivity index (χ1) is 8.60. The van der Waals surface area contributed by atoms with Crippen LogP contribution in [0.3, 0.4) is 0 Å². The van der Waals surface area contributed by atoms with E-state index in [1.54, 1.807) is 13.1 Å². The summed E-state index contributed by atoms with van der Waals surface area (Å²) in [5, 5.41) is 5.44. The number of urea groups is 1. The molecule has 0 radical (unpaired) electrons. The maximum Gasteiger partial charge on any atom is 0.325 e. The monoisotopic (exact) mass is 251 g/mol. The normalized spacial score (nSPS) is 29.1. The van der Waals surface area contributed by atoms with Gasteiger partial charge >= 0.3 is 6.03 Å². The van der Waals surface area contributed by atoms with Gasteiger partial charge in [0.05, 0.1) is 0 Å². The number of nitrogens with zero attached hydrogens (tertiary/aromatic N) is 3. The molecule has 0 saturated carbocycles. The molecule has 3 amide bonds. The summed E-state index contributed by atoms with van der Waals surface area (Å²) in [5.74, 6) is 0.322. The summed E-state index contributed by atoms with van der Waals surface area (Å²) in [4.78, 5) is 31.1. The van der Waals surface area contributed by atoms with Crippen molar-refractivity contribution in [3.8, 4) is 0 Å². The zero-order valence-corrected chi connectivity index (χ0v) is 10.5. The molecule has 2 aliphatic heterocycles. The van der Waals surface area contributed by atoms with Crippen molar-refractivity contribution in [3.05, 3.63) is 12.7 Å². The van der Waals surface area contributed by atoms with E-state index >= 15 is 0 Å². The van der Waals surface area contributed by atoms with E-state index in [1.165, 1.54) is 4.90 Å². The highest BCUT2D eigenvalue weighted by Gasteiger charge is 2.49. The molecule has 0 aromatic carbocycles. The third-order valence-corrected chi connectivity index (χ3v) is 3.05. The van der Waals surface area contributed by atoms with Crippen LogP contribution in [0.5, 0.6) is 0 Å². The number of nitrogens with one attached hydrogen (secondary N) is 2. The third kappa shape index (κ3) is 1.81. The lowest BCUT2D eigenvalue weighted by atomic mass is 10.1. The molecule has 2 rings (SSSR count). The van der Waals surface area contributed by atoms with Crippen molar-refractivity contribution in [2.45, 2.75) is 19.1 Å². The van der Waals surface area contributed by atoms with Crippen LogP contribution < -0.4 is 10.6 Å². The molecule has 98 valence electrons. The van der Waals surface area contributed by atoms with Crippen molar-refractivity contribution in [2.24, 2.45) is 4.99 Å². The van der Waals surface area contributed by atoms with Crippen molar-refractivity contribution in [2.75, 3.05) is 20.1 Å². The second-order valence-corrected chi connectivity index (χ2v) is 4.18. The summed E-state index contributed by atoms with van der Waals surface area (Å²) in [6, 6.07) is -0.860. The Bertz CT molecular complexity index is 420. The Hall–Kier alpha value is -2.05. The van der Waals surface area contributed by atoms with Gasteiger partial charge in [0.2, 0.25) is 0 Å². The molecule has 2 atom stereocenters. The van der Waals surface area contributed by atoms with Gasteiger partial charge in [-0.15, -0.1) is 6.58 Å². The minimum Gasteiger partial charge on any atom is -0.333 e. The molecule has 2 unspecified atom stereocenters. The maximum absolute atomic E-state index is 11.9. The topological polar surface area (TPSA) is 77.0 Å². The molecule has 7 heteroatoms. The smallest absolute Gasteiger partial charge is 0.325 e. The van der Waals surface area contributed by atoms with Crippen molar-refractivity contribution in [3.63, 3.8) is 0 Å². The molecule has 0 aromatic rings. The van der Waals surface area contributed by atoms with Crippen LogP contribution in [0.25, 0.3) is 0 Å². The number of amides is 3. The largest absolute Gasteiger partial charge is 0.333 e. The Balaban J connectivity index is 2.33. The number of likely N-dealkylation sites (N-methyl/N-ethyl adjacent to an activating group) is 1. The molecule has 0 aromatic heterocycles. The zero-order chi connectivity index (χ0) is 13.3. The Morgan fingerprint density at radius 3 is 2.83 bits per heavy atom. The molecular formula is C11H17N5O2. The predicted octanol–water partition coefficient (Wildman–Crippen LogP) is -0.670. The van der Waals surface area contributed by atoms with Gasteiger partial charge in [0, 0.05) is 20.1 Å². The average molecular weight is 251 g/mol. The van der Waals surface area contributed by atoms with Crippen molar-refractivity contribution >= 4 is 17.9 Å². The van der Waals surface area contributed by atoms with Gasteiger partial charge in [0.1, 0.15) is 6.17 Å². The quantitative estimate of drug-likeness (QED) is 0.652. The molecule has 0 bridgehead atoms. The molecule has 0 aliphatic carbocycles. The van der Waals surface area contributed by atoms with E-state index < -0.39 is 12.1 Å². The minimum absolute atomic E-state index is 0.307. The van der Waals surface area contributed by atoms with Gasteiger partial charge in [-0.2, -0.15) is 0 Å². The summed E-state index contributed by atoms with van der Waals surface area (Å²) in [5.41, 5.74) is 0. The van der Waals surface area contributed by atoms with Gasteiger partial charge in [-0.05, 0) is 6.92 Å². The highest BCUT2D eigenvalue weighted by molar-refractivity contribution is 6.04. The lowest BCUT2D eigenvalue weighted by Crippen LogP contribution is -2.64. The van der Waals surface area contributed by atoms with Gasteiger partial charge < -0.3 is 15.1 Å². The van der Waals surface area contributed by atoms with E-state index in [9.17, 15) is 9.59 Å². The zero-order valence-electron chi connectivity index (χ0n) is 10.5. The second kappa shape index (κ2) is 4.67. The number of hydrogen-bond acceptors (Lipinski definition) is 3. The molecule has 7 nitrogen and oxygen atoms in total. The number of hydrogen-bond donors (Lipinski definition) is 2. The Morgan fingerprint density at radius 1 is 1.50 bits per heavy atom. The first kappa shape index (κ1) is 12.4. The fourth-order valence-corrected chi connectivity index (χ4v) is 2.21. The van der Waals surface area contributed by atoms with E-state index in [4.69, 9.17) is 0 Å². The van der Waals surface area contributed by atoms with Gasteiger partial charge in [-0.1, -0.05) is 6.08 Å². The molecule has 18 heavy (non-hydrogen) atoms. The lowest BCUT2D eigenvalue weighted by Gasteiger charge is -2.34. The average Bonchev–Trinajstić information content (AvgIpc) is 2.67. The summed E-state index contributed by atoms with van der Waals surface area (Å²) >= 11 is 0. The molecule has 2 heterocycles. The molecule has 2 saturated heterocycles. The third-order valence-electron chi connectivity index (χ3n) is 3.05. The Labute approximate surface area is 106 Å². The number of guanidine groups is 1. The first-order valence-corrected chi connectivity index (χ1v) is 5.86. The van der Waals surface area contributed by atoms with Crippen LogP contribution in [-0.2, 0) is 4.79 Å². The van der Waals surface area contributed by atoms with Gasteiger partial charge in [0.25, 0.3) is 5.91 Å². The van der Waals surface area contributed by atoms with Gasteiger partial charge in [0.15, 0.2) is 12.0 Å². The van der Waals surface area contributed by atoms with Gasteiger partial charge in [-0.25, -0.2) is 4.79 Å². The Morgan fingerprint density at radius 2 is 2.22 bits per heavy atom. The fourth-order valence-electron chi connectivity index (χ4n) is 2.21. The van der Waals surface area contributed by atoms with Crippen LogP contribution in [0.15, 0.2) is 17.6 Å². The van der Waals surface area contributed by atoms with Gasteiger partial charge in [-0.3, -0.25) is 15.1 Å². The standard InChI is InChI=1S/C11H17N5O2/c1-4-6-16-7-8(13-10(16)12-5-2)15(3)11(18)14-9(7)17/h4,7-8H,1,5-6H2,2-3H3,(H,12,13)(H,14,17,18). The van der Waals surface area contributed by atoms with Crippen LogP contribution in [0.4, 0.5) is 4.79 Å². The van der Waals surface area contributed by atoms with Crippen LogP contribution >= 0.6 is 0 Å². The number of rotatable bonds is 3. The highest BCUT2D eigenvalue weighted by atomic mass is 16.2. The number of imide groups is 1. The summed E-state index contributed by atoms with van der Waals surface area (Å²) < 4.78 is 0. The molecular weight excluding hydrogens is 234 g/mol. The molecule has 0 spiro atoms. The van der Waals surface area contributed by atoms with E-state index in [0.29, 0.717) is 19.0 Å². The molecule has 2 N–H and O–H groups in total. The van der Waals surface area contributed by atoms with Crippen LogP contribution in [-0.4, -0.2) is 60.0 Å². The van der Waals surface area contributed by atoms with Crippen LogP contribution in [0.1, 0.15) is 6.92 Å². The summed E-state index contributed by atoms with van der Waals surface area (Å²) in [6.07, 6.45) is 1.33. The number of fused-ring (bicyclic) bond motifs is 1. The summed E-state index contributed by atoms with van der Waals surface area (Å²) in [6.45, 7) is 6.70. The number of carbonyl (C=O) groups is 2. The molecule has 2 aliphatic rings. The van der Waals surface area contributed by atoms with Crippen molar-refractivity contribution in [1.29, 1.82) is 0 Å². The van der Waals surface area contributed by atoms with E-state index in [-0.39, 0.29) is 12.1 Å². The first-order valence-electron chi connectivity index (χ1n) is 5.86. The van der Waals surface area contributed by atoms with Crippen molar-refractivity contribution < 1.29 is 9.59 Å². The lowest BCUT2D eigenvalue weighted by molar-refractivity contribution is -0.126. The minimum atomic E-state index is -0.462.